The zero-order chi connectivity index (χ0) is 11.6. The molecule has 0 aliphatic heterocycles. The van der Waals surface area contributed by atoms with Gasteiger partial charge in [0.25, 0.3) is 0 Å². The van der Waals surface area contributed by atoms with Gasteiger partial charge in [-0.1, -0.05) is 18.9 Å². The summed E-state index contributed by atoms with van der Waals surface area (Å²) >= 11 is 0. The quantitative estimate of drug-likeness (QED) is 0.665. The first kappa shape index (κ1) is 12.5. The lowest BCUT2D eigenvalue weighted by atomic mass is 10.1. The van der Waals surface area contributed by atoms with Gasteiger partial charge in [0.15, 0.2) is 0 Å². The number of nitrogens with zero attached hydrogens (tertiary/aromatic N) is 1. The van der Waals surface area contributed by atoms with E-state index in [4.69, 9.17) is 5.11 Å². The van der Waals surface area contributed by atoms with Crippen LogP contribution in [0.2, 0.25) is 0 Å². The van der Waals surface area contributed by atoms with Crippen LogP contribution >= 0.6 is 0 Å². The Morgan fingerprint density at radius 1 is 1.38 bits per heavy atom. The van der Waals surface area contributed by atoms with E-state index < -0.39 is 5.97 Å². The van der Waals surface area contributed by atoms with Crippen molar-refractivity contribution in [1.29, 1.82) is 0 Å². The van der Waals surface area contributed by atoms with Gasteiger partial charge in [0.05, 0.1) is 18.2 Å². The van der Waals surface area contributed by atoms with Gasteiger partial charge in [-0.05, 0) is 25.3 Å². The summed E-state index contributed by atoms with van der Waals surface area (Å²) in [6.07, 6.45) is 12.9. The molecule has 0 bridgehead atoms. The summed E-state index contributed by atoms with van der Waals surface area (Å²) in [5.41, 5.74) is 1.02. The van der Waals surface area contributed by atoms with Crippen LogP contribution in [0.15, 0.2) is 18.6 Å². The van der Waals surface area contributed by atoms with Crippen molar-refractivity contribution in [3.05, 3.63) is 24.3 Å². The second kappa shape index (κ2) is 7.68. The molecule has 0 aliphatic carbocycles. The molecule has 1 rings (SSSR count). The Kier molecular flexibility index (Phi) is 5.99. The first-order chi connectivity index (χ1) is 7.79. The molecular weight excluding hydrogens is 204 g/mol. The second-order valence-electron chi connectivity index (χ2n) is 3.76. The lowest BCUT2D eigenvalue weighted by Gasteiger charge is -1.96. The predicted molar refractivity (Wildman–Crippen MR) is 63.0 cm³/mol. The van der Waals surface area contributed by atoms with Crippen molar-refractivity contribution in [2.45, 2.75) is 38.5 Å². The Balaban J connectivity index is 1.94. The zero-order valence-electron chi connectivity index (χ0n) is 9.35. The molecule has 0 saturated heterocycles. The molecule has 1 aromatic rings. The summed E-state index contributed by atoms with van der Waals surface area (Å²) in [5.74, 6) is -0.695. The van der Waals surface area contributed by atoms with E-state index in [1.54, 1.807) is 12.5 Å². The zero-order valence-corrected chi connectivity index (χ0v) is 9.35. The smallest absolute Gasteiger partial charge is 0.303 e. The Labute approximate surface area is 95.4 Å². The van der Waals surface area contributed by atoms with E-state index in [9.17, 15) is 4.79 Å². The molecular formula is C12H18N2O2. The fraction of sp³-hybridized carbons (Fsp3) is 0.500. The van der Waals surface area contributed by atoms with Crippen molar-refractivity contribution in [2.75, 3.05) is 0 Å². The summed E-state index contributed by atoms with van der Waals surface area (Å²) in [6.45, 7) is 0. The van der Waals surface area contributed by atoms with Crippen LogP contribution in [0.1, 0.15) is 44.2 Å². The van der Waals surface area contributed by atoms with Gasteiger partial charge in [0.2, 0.25) is 0 Å². The van der Waals surface area contributed by atoms with E-state index in [0.717, 1.165) is 37.8 Å². The first-order valence-corrected chi connectivity index (χ1v) is 5.66. The topological polar surface area (TPSA) is 66.0 Å². The van der Waals surface area contributed by atoms with Crippen LogP contribution < -0.4 is 0 Å². The number of carboxylic acids is 1. The Morgan fingerprint density at radius 2 is 2.19 bits per heavy atom. The highest BCUT2D eigenvalue weighted by Crippen LogP contribution is 2.06. The number of hydrogen-bond donors (Lipinski definition) is 2. The fourth-order valence-corrected chi connectivity index (χ4v) is 1.46. The molecule has 0 aliphatic rings. The van der Waals surface area contributed by atoms with Crippen LogP contribution in [0.3, 0.4) is 0 Å². The molecule has 4 nitrogen and oxygen atoms in total. The molecule has 0 radical (unpaired) electrons. The number of rotatable bonds is 8. The van der Waals surface area contributed by atoms with E-state index in [2.05, 4.69) is 16.0 Å². The number of unbranched alkanes of at least 4 members (excludes halogenated alkanes) is 4. The lowest BCUT2D eigenvalue weighted by molar-refractivity contribution is -0.137. The van der Waals surface area contributed by atoms with Gasteiger partial charge in [-0.25, -0.2) is 4.98 Å². The number of H-pyrrole nitrogens is 1. The molecule has 1 aromatic heterocycles. The number of carboxylic acid groups (broad SMARTS) is 1. The third-order valence-corrected chi connectivity index (χ3v) is 2.33. The minimum atomic E-state index is -0.695. The first-order valence-electron chi connectivity index (χ1n) is 5.66. The maximum atomic E-state index is 10.2. The van der Waals surface area contributed by atoms with Crippen LogP contribution in [-0.2, 0) is 4.79 Å². The molecule has 2 N–H and O–H groups in total. The highest BCUT2D eigenvalue weighted by atomic mass is 16.4. The Morgan fingerprint density at radius 3 is 2.88 bits per heavy atom. The molecule has 1 heterocycles. The third-order valence-electron chi connectivity index (χ3n) is 2.33. The van der Waals surface area contributed by atoms with E-state index in [1.807, 2.05) is 6.08 Å². The molecule has 16 heavy (non-hydrogen) atoms. The standard InChI is InChI=1S/C12H18N2O2/c15-12(16)8-6-4-2-1-3-5-7-11-9-13-10-14-11/h5,7,9-10H,1-4,6,8H2,(H,13,14)(H,15,16)/b7-5+. The van der Waals surface area contributed by atoms with Crippen molar-refractivity contribution >= 4 is 12.0 Å². The minimum Gasteiger partial charge on any atom is -0.481 e. The molecule has 0 aromatic carbocycles. The lowest BCUT2D eigenvalue weighted by Crippen LogP contribution is -1.93. The molecule has 0 atom stereocenters. The van der Waals surface area contributed by atoms with Crippen molar-refractivity contribution < 1.29 is 9.90 Å². The molecule has 88 valence electrons. The van der Waals surface area contributed by atoms with E-state index in [-0.39, 0.29) is 0 Å². The number of aromatic amines is 1. The number of allylic oxidation sites excluding steroid dienone is 1. The molecule has 0 amide bonds. The van der Waals surface area contributed by atoms with Crippen LogP contribution in [-0.4, -0.2) is 21.0 Å². The van der Waals surface area contributed by atoms with Gasteiger partial charge in [-0.3, -0.25) is 4.79 Å². The van der Waals surface area contributed by atoms with Gasteiger partial charge in [-0.2, -0.15) is 0 Å². The highest BCUT2D eigenvalue weighted by Gasteiger charge is 1.95. The van der Waals surface area contributed by atoms with E-state index in [0.29, 0.717) is 6.42 Å². The van der Waals surface area contributed by atoms with E-state index in [1.165, 1.54) is 0 Å². The maximum Gasteiger partial charge on any atom is 0.303 e. The monoisotopic (exact) mass is 222 g/mol. The summed E-state index contributed by atoms with van der Waals surface area (Å²) in [6, 6.07) is 0. The van der Waals surface area contributed by atoms with Crippen LogP contribution in [0.5, 0.6) is 0 Å². The highest BCUT2D eigenvalue weighted by molar-refractivity contribution is 5.66. The van der Waals surface area contributed by atoms with Crippen LogP contribution in [0.4, 0.5) is 0 Å². The van der Waals surface area contributed by atoms with Gasteiger partial charge < -0.3 is 10.1 Å². The summed E-state index contributed by atoms with van der Waals surface area (Å²) in [5, 5.41) is 8.44. The van der Waals surface area contributed by atoms with E-state index >= 15 is 0 Å². The Hall–Kier alpha value is -1.58. The van der Waals surface area contributed by atoms with Crippen LogP contribution in [0, 0.1) is 0 Å². The minimum absolute atomic E-state index is 0.296. The number of aliphatic carboxylic acids is 1. The van der Waals surface area contributed by atoms with Crippen LogP contribution in [0.25, 0.3) is 6.08 Å². The number of aromatic nitrogens is 2. The van der Waals surface area contributed by atoms with Gasteiger partial charge in [-0.15, -0.1) is 0 Å². The van der Waals surface area contributed by atoms with Gasteiger partial charge >= 0.3 is 5.97 Å². The third kappa shape index (κ3) is 6.01. The fourth-order valence-electron chi connectivity index (χ4n) is 1.46. The maximum absolute atomic E-state index is 10.2. The summed E-state index contributed by atoms with van der Waals surface area (Å²) in [7, 11) is 0. The second-order valence-corrected chi connectivity index (χ2v) is 3.76. The SMILES string of the molecule is O=C(O)CCCCCC/C=C/c1cnc[nH]1. The number of hydrogen-bond acceptors (Lipinski definition) is 2. The average Bonchev–Trinajstić information content (AvgIpc) is 2.74. The van der Waals surface area contributed by atoms with Crippen molar-refractivity contribution in [3.63, 3.8) is 0 Å². The summed E-state index contributed by atoms with van der Waals surface area (Å²) < 4.78 is 0. The normalized spacial score (nSPS) is 11.0. The molecule has 0 unspecified atom stereocenters. The molecule has 0 fully saturated rings. The van der Waals surface area contributed by atoms with Gasteiger partial charge in [0.1, 0.15) is 0 Å². The summed E-state index contributed by atoms with van der Waals surface area (Å²) in [4.78, 5) is 17.2. The van der Waals surface area contributed by atoms with Crippen molar-refractivity contribution in [1.82, 2.24) is 9.97 Å². The van der Waals surface area contributed by atoms with Crippen molar-refractivity contribution in [2.24, 2.45) is 0 Å². The van der Waals surface area contributed by atoms with Crippen molar-refractivity contribution in [3.8, 4) is 0 Å². The number of carbonyl (C=O) groups is 1. The number of imidazole rings is 1. The Bertz CT molecular complexity index is 318. The molecule has 0 saturated carbocycles. The van der Waals surface area contributed by atoms with Gasteiger partial charge in [0, 0.05) is 6.42 Å². The predicted octanol–water partition coefficient (Wildman–Crippen LogP) is 2.85. The molecule has 0 spiro atoms. The largest absolute Gasteiger partial charge is 0.481 e. The number of nitrogens with one attached hydrogen (secondary N) is 1. The average molecular weight is 222 g/mol. The molecule has 4 heteroatoms.